The molecule has 2 aromatic heterocycles. The molecule has 2 atom stereocenters. The molecule has 9 nitrogen and oxygen atoms in total. The van der Waals surface area contributed by atoms with Crippen molar-refractivity contribution in [1.82, 2.24) is 14.9 Å². The Kier molecular flexibility index (Phi) is 7.93. The van der Waals surface area contributed by atoms with Crippen molar-refractivity contribution in [3.63, 3.8) is 0 Å². The molecule has 5 rings (SSSR count). The molecule has 0 saturated carbocycles. The Balaban J connectivity index is 1.58. The molecule has 4 aromatic rings. The Bertz CT molecular complexity index is 1730. The molecule has 0 spiro atoms. The highest BCUT2D eigenvalue weighted by Crippen LogP contribution is 2.38. The van der Waals surface area contributed by atoms with Crippen LogP contribution in [0.3, 0.4) is 0 Å². The van der Waals surface area contributed by atoms with Gasteiger partial charge in [0.2, 0.25) is 5.89 Å². The van der Waals surface area contributed by atoms with Crippen LogP contribution < -0.4 is 10.5 Å². The number of halogens is 4. The molecule has 1 unspecified atom stereocenters. The number of pyridine rings is 1. The minimum atomic E-state index is -4.69. The second-order valence-corrected chi connectivity index (χ2v) is 9.76. The fourth-order valence-corrected chi connectivity index (χ4v) is 4.83. The first kappa shape index (κ1) is 29.7. The SMILES string of the molecule is CCOC(=O)C1C=C(c2ccc(F)cc2)CN1C(=O)c1nc(-c2ccc(OC)c3nc(C(F)(F)F)ccc23)oc1[C@H](C)N. The highest BCUT2D eigenvalue weighted by atomic mass is 19.4. The van der Waals surface area contributed by atoms with Crippen LogP contribution in [0.25, 0.3) is 27.9 Å². The quantitative estimate of drug-likeness (QED) is 0.217. The monoisotopic (exact) mass is 598 g/mol. The van der Waals surface area contributed by atoms with E-state index in [2.05, 4.69) is 9.97 Å². The number of carbonyl (C=O) groups excluding carboxylic acids is 2. The number of oxazole rings is 1. The van der Waals surface area contributed by atoms with Crippen LogP contribution in [0.15, 0.2) is 59.0 Å². The van der Waals surface area contributed by atoms with Crippen molar-refractivity contribution >= 4 is 28.4 Å². The van der Waals surface area contributed by atoms with E-state index in [1.807, 2.05) is 0 Å². The zero-order valence-corrected chi connectivity index (χ0v) is 23.2. The molecule has 2 aromatic carbocycles. The fourth-order valence-electron chi connectivity index (χ4n) is 4.83. The third-order valence-electron chi connectivity index (χ3n) is 6.87. The maximum atomic E-state index is 14.0. The lowest BCUT2D eigenvalue weighted by atomic mass is 10.1. The molecule has 1 aliphatic heterocycles. The first-order valence-electron chi connectivity index (χ1n) is 13.2. The number of aromatic nitrogens is 2. The van der Waals surface area contributed by atoms with E-state index in [0.717, 1.165) is 6.07 Å². The fraction of sp³-hybridized carbons (Fsp3) is 0.267. The predicted molar refractivity (Wildman–Crippen MR) is 147 cm³/mol. The van der Waals surface area contributed by atoms with Gasteiger partial charge in [0.1, 0.15) is 28.8 Å². The number of ether oxygens (including phenoxy) is 2. The number of nitrogens with zero attached hydrogens (tertiary/aromatic N) is 3. The molecule has 0 fully saturated rings. The van der Waals surface area contributed by atoms with Crippen LogP contribution in [0, 0.1) is 5.82 Å². The van der Waals surface area contributed by atoms with Crippen molar-refractivity contribution in [2.24, 2.45) is 5.73 Å². The molecule has 224 valence electrons. The van der Waals surface area contributed by atoms with Gasteiger partial charge in [0.05, 0.1) is 19.8 Å². The van der Waals surface area contributed by atoms with Crippen LogP contribution >= 0.6 is 0 Å². The maximum absolute atomic E-state index is 14.0. The number of rotatable bonds is 7. The van der Waals surface area contributed by atoms with E-state index in [0.29, 0.717) is 11.1 Å². The maximum Gasteiger partial charge on any atom is 0.433 e. The second kappa shape index (κ2) is 11.5. The van der Waals surface area contributed by atoms with Crippen molar-refractivity contribution in [3.8, 4) is 17.2 Å². The third kappa shape index (κ3) is 5.67. The van der Waals surface area contributed by atoms with E-state index < -0.39 is 41.6 Å². The van der Waals surface area contributed by atoms with Crippen molar-refractivity contribution in [2.75, 3.05) is 20.3 Å². The number of carbonyl (C=O) groups is 2. The van der Waals surface area contributed by atoms with Gasteiger partial charge in [-0.05, 0) is 67.5 Å². The van der Waals surface area contributed by atoms with Crippen LogP contribution in [-0.4, -0.2) is 53.0 Å². The number of fused-ring (bicyclic) bond motifs is 1. The number of hydrogen-bond donors (Lipinski definition) is 1. The molecule has 2 N–H and O–H groups in total. The van der Waals surface area contributed by atoms with E-state index in [9.17, 15) is 27.2 Å². The number of amides is 1. The Labute approximate surface area is 242 Å². The van der Waals surface area contributed by atoms with Crippen LogP contribution in [0.1, 0.15) is 47.4 Å². The van der Waals surface area contributed by atoms with Crippen molar-refractivity contribution in [3.05, 3.63) is 83.1 Å². The van der Waals surface area contributed by atoms with Crippen LogP contribution in [0.5, 0.6) is 5.75 Å². The average molecular weight is 599 g/mol. The summed E-state index contributed by atoms with van der Waals surface area (Å²) >= 11 is 0. The van der Waals surface area contributed by atoms with E-state index >= 15 is 0 Å². The Hall–Kier alpha value is -4.78. The van der Waals surface area contributed by atoms with Gasteiger partial charge in [0.15, 0.2) is 11.5 Å². The molecule has 1 amide bonds. The van der Waals surface area contributed by atoms with Crippen LogP contribution in [0.4, 0.5) is 17.6 Å². The number of benzene rings is 2. The second-order valence-electron chi connectivity index (χ2n) is 9.76. The number of hydrogen-bond acceptors (Lipinski definition) is 8. The average Bonchev–Trinajstić information content (AvgIpc) is 3.62. The molecular formula is C30H26F4N4O5. The summed E-state index contributed by atoms with van der Waals surface area (Å²) < 4.78 is 70.1. The zero-order chi connectivity index (χ0) is 31.1. The molecule has 0 bridgehead atoms. The van der Waals surface area contributed by atoms with Gasteiger partial charge in [-0.15, -0.1) is 0 Å². The first-order chi connectivity index (χ1) is 20.4. The van der Waals surface area contributed by atoms with E-state index in [4.69, 9.17) is 19.6 Å². The van der Waals surface area contributed by atoms with Gasteiger partial charge < -0.3 is 24.5 Å². The summed E-state index contributed by atoms with van der Waals surface area (Å²) in [6, 6.07) is 8.64. The lowest BCUT2D eigenvalue weighted by Crippen LogP contribution is -2.42. The van der Waals surface area contributed by atoms with Gasteiger partial charge in [-0.3, -0.25) is 4.79 Å². The van der Waals surface area contributed by atoms with E-state index in [-0.39, 0.29) is 52.7 Å². The third-order valence-corrected chi connectivity index (χ3v) is 6.87. The summed E-state index contributed by atoms with van der Waals surface area (Å²) in [7, 11) is 1.30. The minimum Gasteiger partial charge on any atom is -0.494 e. The summed E-state index contributed by atoms with van der Waals surface area (Å²) in [5.41, 5.74) is 6.20. The van der Waals surface area contributed by atoms with Gasteiger partial charge in [-0.2, -0.15) is 13.2 Å². The normalized spacial score (nSPS) is 15.9. The number of methoxy groups -OCH3 is 1. The van der Waals surface area contributed by atoms with Crippen LogP contribution in [0.2, 0.25) is 0 Å². The molecule has 13 heteroatoms. The molecule has 43 heavy (non-hydrogen) atoms. The van der Waals surface area contributed by atoms with Crippen molar-refractivity contribution in [2.45, 2.75) is 32.1 Å². The molecule has 1 aliphatic rings. The summed E-state index contributed by atoms with van der Waals surface area (Å²) in [5, 5.41) is 0.231. The molecule has 0 radical (unpaired) electrons. The lowest BCUT2D eigenvalue weighted by Gasteiger charge is -2.23. The van der Waals surface area contributed by atoms with Gasteiger partial charge >= 0.3 is 12.1 Å². The topological polar surface area (TPSA) is 121 Å². The number of nitrogens with two attached hydrogens (primary N) is 1. The number of alkyl halides is 3. The molecule has 0 aliphatic carbocycles. The Morgan fingerprint density at radius 1 is 1.12 bits per heavy atom. The summed E-state index contributed by atoms with van der Waals surface area (Å²) in [4.78, 5) is 36.3. The first-order valence-corrected chi connectivity index (χ1v) is 13.2. The van der Waals surface area contributed by atoms with Gasteiger partial charge in [-0.1, -0.05) is 12.1 Å². The van der Waals surface area contributed by atoms with Gasteiger partial charge in [0.25, 0.3) is 5.91 Å². The summed E-state index contributed by atoms with van der Waals surface area (Å²) in [5.74, 6) is -1.81. The van der Waals surface area contributed by atoms with E-state index in [1.54, 1.807) is 19.9 Å². The Morgan fingerprint density at radius 3 is 2.47 bits per heavy atom. The molecule has 0 saturated heterocycles. The highest BCUT2D eigenvalue weighted by Gasteiger charge is 2.39. The van der Waals surface area contributed by atoms with E-state index in [1.165, 1.54) is 54.5 Å². The van der Waals surface area contributed by atoms with Gasteiger partial charge in [0, 0.05) is 17.5 Å². The lowest BCUT2D eigenvalue weighted by molar-refractivity contribution is -0.146. The van der Waals surface area contributed by atoms with Crippen molar-refractivity contribution < 1.29 is 41.0 Å². The molecular weight excluding hydrogens is 572 g/mol. The van der Waals surface area contributed by atoms with Crippen molar-refractivity contribution in [1.29, 1.82) is 0 Å². The number of esters is 1. The minimum absolute atomic E-state index is 0.00156. The summed E-state index contributed by atoms with van der Waals surface area (Å²) in [6.07, 6.45) is -3.12. The molecule has 3 heterocycles. The smallest absolute Gasteiger partial charge is 0.433 e. The summed E-state index contributed by atoms with van der Waals surface area (Å²) in [6.45, 7) is 3.25. The Morgan fingerprint density at radius 2 is 1.84 bits per heavy atom. The van der Waals surface area contributed by atoms with Gasteiger partial charge in [-0.25, -0.2) is 19.2 Å². The highest BCUT2D eigenvalue weighted by molar-refractivity contribution is 6.01. The van der Waals surface area contributed by atoms with Crippen LogP contribution in [-0.2, 0) is 15.7 Å². The predicted octanol–water partition coefficient (Wildman–Crippen LogP) is 5.55. The largest absolute Gasteiger partial charge is 0.494 e. The standard InChI is InChI=1S/C30H26F4N4O5/c1-4-42-29(40)21-13-17(16-5-7-18(31)8-6-16)14-38(21)28(39)25-26(15(2)35)43-27(37-25)20-9-11-22(41-3)24-19(20)10-12-23(36-24)30(32,33)34/h5-13,15,21H,4,14,35H2,1-3H3/t15-,21?/m0/s1. The zero-order valence-electron chi connectivity index (χ0n) is 23.2.